The van der Waals surface area contributed by atoms with Crippen LogP contribution in [0.1, 0.15) is 13.8 Å². The molecule has 0 aliphatic heterocycles. The molecular weight excluding hydrogens is 244 g/mol. The van der Waals surface area contributed by atoms with Crippen molar-refractivity contribution in [3.05, 3.63) is 36.5 Å². The summed E-state index contributed by atoms with van der Waals surface area (Å²) in [5.74, 6) is -0.546. The zero-order valence-electron chi connectivity index (χ0n) is 10.7. The molecule has 0 saturated heterocycles. The minimum absolute atomic E-state index is 0.409. The van der Waals surface area contributed by atoms with E-state index in [9.17, 15) is 4.79 Å². The first-order valence-corrected chi connectivity index (χ1v) is 5.76. The van der Waals surface area contributed by atoms with Gasteiger partial charge in [0.1, 0.15) is 17.1 Å². The number of carboxylic acids is 1. The highest BCUT2D eigenvalue weighted by Gasteiger charge is 2.27. The summed E-state index contributed by atoms with van der Waals surface area (Å²) in [5.41, 5.74) is 0.264. The van der Waals surface area contributed by atoms with Gasteiger partial charge < -0.3 is 10.4 Å². The van der Waals surface area contributed by atoms with Gasteiger partial charge in [-0.05, 0) is 38.1 Å². The Morgan fingerprint density at radius 2 is 1.95 bits per heavy atom. The van der Waals surface area contributed by atoms with Crippen molar-refractivity contribution in [2.75, 3.05) is 5.32 Å². The largest absolute Gasteiger partial charge is 0.480 e. The molecule has 0 bridgehead atoms. The van der Waals surface area contributed by atoms with Crippen molar-refractivity contribution in [1.82, 2.24) is 15.2 Å². The van der Waals surface area contributed by atoms with Gasteiger partial charge >= 0.3 is 5.97 Å². The van der Waals surface area contributed by atoms with Gasteiger partial charge in [0, 0.05) is 6.20 Å². The van der Waals surface area contributed by atoms with Crippen LogP contribution in [0.15, 0.2) is 36.5 Å². The molecule has 0 atom stereocenters. The third-order valence-electron chi connectivity index (χ3n) is 2.57. The molecular formula is C13H14N4O2. The predicted molar refractivity (Wildman–Crippen MR) is 70.6 cm³/mol. The number of pyridine rings is 1. The molecule has 6 nitrogen and oxygen atoms in total. The number of aliphatic carboxylic acids is 1. The maximum Gasteiger partial charge on any atom is 0.328 e. The smallest absolute Gasteiger partial charge is 0.328 e. The number of carbonyl (C=O) groups is 1. The van der Waals surface area contributed by atoms with E-state index in [0.717, 1.165) is 5.69 Å². The van der Waals surface area contributed by atoms with Crippen LogP contribution in [-0.2, 0) is 4.79 Å². The highest BCUT2D eigenvalue weighted by molar-refractivity contribution is 5.81. The van der Waals surface area contributed by atoms with Gasteiger partial charge in [-0.25, -0.2) is 4.79 Å². The Balaban J connectivity index is 2.18. The van der Waals surface area contributed by atoms with Crippen LogP contribution in [-0.4, -0.2) is 31.8 Å². The quantitative estimate of drug-likeness (QED) is 0.869. The van der Waals surface area contributed by atoms with E-state index in [1.165, 1.54) is 0 Å². The van der Waals surface area contributed by atoms with Crippen molar-refractivity contribution in [2.24, 2.45) is 0 Å². The van der Waals surface area contributed by atoms with E-state index in [1.807, 2.05) is 18.2 Å². The van der Waals surface area contributed by atoms with Crippen LogP contribution >= 0.6 is 0 Å². The Labute approximate surface area is 110 Å². The van der Waals surface area contributed by atoms with E-state index >= 15 is 0 Å². The molecule has 0 aliphatic rings. The summed E-state index contributed by atoms with van der Waals surface area (Å²) in [7, 11) is 0. The molecule has 2 heterocycles. The zero-order chi connectivity index (χ0) is 13.9. The number of nitrogens with one attached hydrogen (secondary N) is 1. The Bertz CT molecular complexity index is 567. The van der Waals surface area contributed by atoms with E-state index in [-0.39, 0.29) is 0 Å². The first-order valence-electron chi connectivity index (χ1n) is 5.76. The molecule has 0 fully saturated rings. The molecule has 0 saturated carbocycles. The van der Waals surface area contributed by atoms with Gasteiger partial charge in [-0.2, -0.15) is 0 Å². The van der Waals surface area contributed by atoms with Crippen molar-refractivity contribution in [2.45, 2.75) is 19.4 Å². The lowest BCUT2D eigenvalue weighted by molar-refractivity contribution is -0.141. The lowest BCUT2D eigenvalue weighted by Gasteiger charge is -2.21. The van der Waals surface area contributed by atoms with Gasteiger partial charge in [0.25, 0.3) is 0 Å². The van der Waals surface area contributed by atoms with Crippen molar-refractivity contribution in [3.8, 4) is 11.4 Å². The van der Waals surface area contributed by atoms with Gasteiger partial charge in [0.2, 0.25) is 0 Å². The van der Waals surface area contributed by atoms with E-state index < -0.39 is 11.5 Å². The predicted octanol–water partition coefficient (Wildman–Crippen LogP) is 1.81. The summed E-state index contributed by atoms with van der Waals surface area (Å²) < 4.78 is 0. The lowest BCUT2D eigenvalue weighted by Crippen LogP contribution is -2.40. The highest BCUT2D eigenvalue weighted by atomic mass is 16.4. The zero-order valence-corrected chi connectivity index (χ0v) is 10.7. The summed E-state index contributed by atoms with van der Waals surface area (Å²) in [6, 6.07) is 8.95. The summed E-state index contributed by atoms with van der Waals surface area (Å²) in [6.07, 6.45) is 1.68. The maximum atomic E-state index is 11.0. The third-order valence-corrected chi connectivity index (χ3v) is 2.57. The highest BCUT2D eigenvalue weighted by Crippen LogP contribution is 2.16. The molecule has 0 unspecified atom stereocenters. The van der Waals surface area contributed by atoms with Crippen LogP contribution in [0.5, 0.6) is 0 Å². The van der Waals surface area contributed by atoms with Crippen LogP contribution in [0.2, 0.25) is 0 Å². The second kappa shape index (κ2) is 5.01. The molecule has 0 spiro atoms. The number of hydrogen-bond donors (Lipinski definition) is 2. The van der Waals surface area contributed by atoms with Crippen LogP contribution in [0, 0.1) is 0 Å². The molecule has 0 amide bonds. The maximum absolute atomic E-state index is 11.0. The number of aromatic nitrogens is 3. The minimum Gasteiger partial charge on any atom is -0.480 e. The molecule has 2 rings (SSSR count). The topological polar surface area (TPSA) is 88.0 Å². The van der Waals surface area contributed by atoms with Crippen LogP contribution in [0.25, 0.3) is 11.4 Å². The Kier molecular flexibility index (Phi) is 3.41. The van der Waals surface area contributed by atoms with Gasteiger partial charge in [-0.1, -0.05) is 6.07 Å². The molecule has 0 radical (unpaired) electrons. The number of anilines is 1. The number of nitrogens with zero attached hydrogens (tertiary/aromatic N) is 3. The lowest BCUT2D eigenvalue weighted by atomic mass is 10.1. The first-order chi connectivity index (χ1) is 8.99. The fraction of sp³-hybridized carbons (Fsp3) is 0.231. The van der Waals surface area contributed by atoms with Crippen molar-refractivity contribution in [1.29, 1.82) is 0 Å². The Hall–Kier alpha value is -2.50. The van der Waals surface area contributed by atoms with Crippen LogP contribution in [0.4, 0.5) is 5.82 Å². The number of hydrogen-bond acceptors (Lipinski definition) is 5. The summed E-state index contributed by atoms with van der Waals surface area (Å²) in [5, 5.41) is 19.8. The molecule has 0 aliphatic carbocycles. The molecule has 2 N–H and O–H groups in total. The average Bonchev–Trinajstić information content (AvgIpc) is 2.40. The van der Waals surface area contributed by atoms with Crippen molar-refractivity contribution < 1.29 is 9.90 Å². The number of carboxylic acid groups (broad SMARTS) is 1. The first kappa shape index (κ1) is 12.9. The summed E-state index contributed by atoms with van der Waals surface area (Å²) in [6.45, 7) is 3.12. The molecule has 2 aromatic heterocycles. The summed E-state index contributed by atoms with van der Waals surface area (Å²) in [4.78, 5) is 15.2. The Morgan fingerprint density at radius 1 is 1.16 bits per heavy atom. The fourth-order valence-electron chi connectivity index (χ4n) is 1.42. The minimum atomic E-state index is -1.10. The SMILES string of the molecule is CC(C)(Nc1ccc(-c2ccccn2)nn1)C(=O)O. The molecule has 2 aromatic rings. The van der Waals surface area contributed by atoms with Crippen molar-refractivity contribution >= 4 is 11.8 Å². The second-order valence-corrected chi connectivity index (χ2v) is 4.57. The number of rotatable bonds is 4. The normalized spacial score (nSPS) is 11.1. The molecule has 19 heavy (non-hydrogen) atoms. The van der Waals surface area contributed by atoms with Crippen LogP contribution < -0.4 is 5.32 Å². The third kappa shape index (κ3) is 3.04. The fourth-order valence-corrected chi connectivity index (χ4v) is 1.42. The van der Waals surface area contributed by atoms with E-state index in [0.29, 0.717) is 11.5 Å². The standard InChI is InChI=1S/C13H14N4O2/c1-13(2,12(18)19)15-11-7-6-10(16-17-11)9-5-3-4-8-14-9/h3-8H,1-2H3,(H,15,17)(H,18,19). The molecule has 0 aromatic carbocycles. The van der Waals surface area contributed by atoms with E-state index in [1.54, 1.807) is 32.2 Å². The van der Waals surface area contributed by atoms with Gasteiger partial charge in [-0.3, -0.25) is 4.98 Å². The molecule has 6 heteroatoms. The van der Waals surface area contributed by atoms with E-state index in [2.05, 4.69) is 20.5 Å². The van der Waals surface area contributed by atoms with Gasteiger partial charge in [0.15, 0.2) is 0 Å². The van der Waals surface area contributed by atoms with Crippen molar-refractivity contribution in [3.63, 3.8) is 0 Å². The van der Waals surface area contributed by atoms with E-state index in [4.69, 9.17) is 5.11 Å². The van der Waals surface area contributed by atoms with Gasteiger partial charge in [0.05, 0.1) is 5.69 Å². The second-order valence-electron chi connectivity index (χ2n) is 4.57. The monoisotopic (exact) mass is 258 g/mol. The van der Waals surface area contributed by atoms with Gasteiger partial charge in [-0.15, -0.1) is 10.2 Å². The average molecular weight is 258 g/mol. The van der Waals surface area contributed by atoms with Crippen LogP contribution in [0.3, 0.4) is 0 Å². The Morgan fingerprint density at radius 3 is 2.47 bits per heavy atom. The summed E-state index contributed by atoms with van der Waals surface area (Å²) >= 11 is 0. The molecule has 98 valence electrons.